The van der Waals surface area contributed by atoms with Crippen LogP contribution in [0, 0.1) is 5.92 Å². The number of rotatable bonds is 7. The van der Waals surface area contributed by atoms with Crippen LogP contribution >= 0.6 is 11.8 Å². The van der Waals surface area contributed by atoms with Crippen molar-refractivity contribution in [1.82, 2.24) is 14.8 Å². The molecule has 0 bridgehead atoms. The highest BCUT2D eigenvalue weighted by atomic mass is 32.2. The molecule has 0 radical (unpaired) electrons. The van der Waals surface area contributed by atoms with Gasteiger partial charge in [0.05, 0.1) is 24.2 Å². The minimum absolute atomic E-state index is 0.0104. The Morgan fingerprint density at radius 2 is 2.00 bits per heavy atom. The number of anilines is 2. The molecule has 1 unspecified atom stereocenters. The monoisotopic (exact) mass is 445 g/mol. The number of benzene rings is 1. The van der Waals surface area contributed by atoms with Crippen LogP contribution in [0.1, 0.15) is 31.1 Å². The lowest BCUT2D eigenvalue weighted by Gasteiger charge is -2.28. The van der Waals surface area contributed by atoms with Gasteiger partial charge in [-0.15, -0.1) is 10.2 Å². The first-order valence-corrected chi connectivity index (χ1v) is 11.3. The van der Waals surface area contributed by atoms with E-state index in [1.54, 1.807) is 18.2 Å². The highest BCUT2D eigenvalue weighted by Crippen LogP contribution is 2.32. The molecule has 2 aromatic rings. The third-order valence-electron chi connectivity index (χ3n) is 5.09. The summed E-state index contributed by atoms with van der Waals surface area (Å²) in [6, 6.07) is 5.12. The number of Topliss-reactive ketones (excluding diaryl/α,β-unsaturated/α-hetero) is 1. The van der Waals surface area contributed by atoms with E-state index in [0.29, 0.717) is 36.1 Å². The van der Waals surface area contributed by atoms with E-state index >= 15 is 0 Å². The minimum atomic E-state index is -0.370. The fraction of sp³-hybridized carbons (Fsp3) is 0.524. The van der Waals surface area contributed by atoms with E-state index in [0.717, 1.165) is 30.7 Å². The maximum absolute atomic E-state index is 13.1. The largest absolute Gasteiger partial charge is 0.482 e. The van der Waals surface area contributed by atoms with Gasteiger partial charge in [-0.3, -0.25) is 14.2 Å². The fourth-order valence-electron chi connectivity index (χ4n) is 3.57. The topological polar surface area (TPSA) is 98.6 Å². The summed E-state index contributed by atoms with van der Waals surface area (Å²) < 4.78 is 12.9. The van der Waals surface area contributed by atoms with Crippen LogP contribution in [0.3, 0.4) is 0 Å². The second-order valence-electron chi connectivity index (χ2n) is 8.06. The van der Waals surface area contributed by atoms with Crippen molar-refractivity contribution >= 4 is 35.1 Å². The van der Waals surface area contributed by atoms with Crippen LogP contribution in [0.5, 0.6) is 5.75 Å². The molecule has 2 aliphatic heterocycles. The molecule has 1 amide bonds. The Bertz CT molecular complexity index is 971. The van der Waals surface area contributed by atoms with E-state index in [4.69, 9.17) is 9.47 Å². The molecule has 0 saturated carbocycles. The lowest BCUT2D eigenvalue weighted by molar-refractivity contribution is -0.118. The van der Waals surface area contributed by atoms with Crippen molar-refractivity contribution < 1.29 is 19.1 Å². The second-order valence-corrected chi connectivity index (χ2v) is 9.37. The van der Waals surface area contributed by atoms with Gasteiger partial charge in [-0.05, 0) is 31.0 Å². The van der Waals surface area contributed by atoms with Gasteiger partial charge >= 0.3 is 0 Å². The van der Waals surface area contributed by atoms with Crippen molar-refractivity contribution in [3.8, 4) is 5.75 Å². The van der Waals surface area contributed by atoms with Gasteiger partial charge in [-0.2, -0.15) is 0 Å². The standard InChI is InChI=1S/C21H27N5O4S/c1-13(2)11-26-20(25-6-8-29-9-7-25)23-24-21(26)31-14(3)19(28)15-4-5-17-16(10-15)22-18(27)12-30-17/h4-5,10,13-14H,6-9,11-12H2,1-3H3,(H,22,27). The molecule has 2 aliphatic rings. The van der Waals surface area contributed by atoms with E-state index in [2.05, 4.69) is 38.8 Å². The van der Waals surface area contributed by atoms with E-state index in [9.17, 15) is 9.59 Å². The number of ketones is 1. The lowest BCUT2D eigenvalue weighted by Crippen LogP contribution is -2.38. The van der Waals surface area contributed by atoms with Gasteiger partial charge in [0.2, 0.25) is 5.95 Å². The molecular formula is C21H27N5O4S. The first-order valence-electron chi connectivity index (χ1n) is 10.5. The van der Waals surface area contributed by atoms with Crippen LogP contribution in [-0.4, -0.2) is 64.6 Å². The van der Waals surface area contributed by atoms with Gasteiger partial charge in [0, 0.05) is 25.2 Å². The number of carbonyl (C=O) groups excluding carboxylic acids is 2. The Morgan fingerprint density at radius 1 is 1.23 bits per heavy atom. The Balaban J connectivity index is 1.53. The number of hydrogen-bond donors (Lipinski definition) is 1. The SMILES string of the molecule is CC(C)Cn1c(SC(C)C(=O)c2ccc3c(c2)NC(=O)CO3)nnc1N1CCOCC1. The average Bonchev–Trinajstić information content (AvgIpc) is 3.14. The first-order chi connectivity index (χ1) is 14.9. The van der Waals surface area contributed by atoms with Gasteiger partial charge in [0.15, 0.2) is 17.5 Å². The Hall–Kier alpha value is -2.59. The van der Waals surface area contributed by atoms with Crippen molar-refractivity contribution in [2.24, 2.45) is 5.92 Å². The molecule has 3 heterocycles. The van der Waals surface area contributed by atoms with Crippen molar-refractivity contribution in [3.05, 3.63) is 23.8 Å². The number of nitrogens with zero attached hydrogens (tertiary/aromatic N) is 4. The van der Waals surface area contributed by atoms with E-state index < -0.39 is 0 Å². The zero-order valence-electron chi connectivity index (χ0n) is 18.0. The molecule has 1 atom stereocenters. The predicted molar refractivity (Wildman–Crippen MR) is 118 cm³/mol. The molecule has 4 rings (SSSR count). The maximum atomic E-state index is 13.1. The zero-order chi connectivity index (χ0) is 22.0. The number of aromatic nitrogens is 3. The number of carbonyl (C=O) groups is 2. The molecule has 1 aromatic carbocycles. The summed E-state index contributed by atoms with van der Waals surface area (Å²) in [5.41, 5.74) is 1.05. The Morgan fingerprint density at radius 3 is 2.74 bits per heavy atom. The third-order valence-corrected chi connectivity index (χ3v) is 6.17. The van der Waals surface area contributed by atoms with Crippen molar-refractivity contribution in [3.63, 3.8) is 0 Å². The third kappa shape index (κ3) is 4.85. The molecule has 1 N–H and O–H groups in total. The van der Waals surface area contributed by atoms with Crippen molar-refractivity contribution in [1.29, 1.82) is 0 Å². The number of thioether (sulfide) groups is 1. The highest BCUT2D eigenvalue weighted by molar-refractivity contribution is 8.00. The lowest BCUT2D eigenvalue weighted by atomic mass is 10.1. The summed E-state index contributed by atoms with van der Waals surface area (Å²) in [5, 5.41) is 11.9. The summed E-state index contributed by atoms with van der Waals surface area (Å²) in [7, 11) is 0. The van der Waals surface area contributed by atoms with Gasteiger partial charge in [0.1, 0.15) is 5.75 Å². The van der Waals surface area contributed by atoms with Crippen molar-refractivity contribution in [2.45, 2.75) is 37.7 Å². The summed E-state index contributed by atoms with van der Waals surface area (Å²) in [6.45, 7) is 9.82. The average molecular weight is 446 g/mol. The second kappa shape index (κ2) is 9.27. The quantitative estimate of drug-likeness (QED) is 0.513. The van der Waals surface area contributed by atoms with Crippen LogP contribution in [0.4, 0.5) is 11.6 Å². The number of ether oxygens (including phenoxy) is 2. The molecule has 31 heavy (non-hydrogen) atoms. The predicted octanol–water partition coefficient (Wildman–Crippen LogP) is 2.47. The molecule has 9 nitrogen and oxygen atoms in total. The maximum Gasteiger partial charge on any atom is 0.262 e. The molecule has 1 fully saturated rings. The molecule has 166 valence electrons. The zero-order valence-corrected chi connectivity index (χ0v) is 18.8. The first kappa shape index (κ1) is 21.6. The number of morpholine rings is 1. The summed E-state index contributed by atoms with van der Waals surface area (Å²) in [5.74, 6) is 1.54. The van der Waals surface area contributed by atoms with Gasteiger partial charge in [0.25, 0.3) is 5.91 Å². The molecule has 1 aromatic heterocycles. The van der Waals surface area contributed by atoms with Gasteiger partial charge in [-0.25, -0.2) is 0 Å². The van der Waals surface area contributed by atoms with Crippen LogP contribution in [0.15, 0.2) is 23.4 Å². The van der Waals surface area contributed by atoms with Gasteiger partial charge < -0.3 is 19.7 Å². The normalized spacial score (nSPS) is 17.2. The fourth-order valence-corrected chi connectivity index (χ4v) is 4.50. The van der Waals surface area contributed by atoms with Crippen molar-refractivity contribution in [2.75, 3.05) is 43.1 Å². The molecule has 1 saturated heterocycles. The highest BCUT2D eigenvalue weighted by Gasteiger charge is 2.26. The summed E-state index contributed by atoms with van der Waals surface area (Å²) in [6.07, 6.45) is 0. The Labute approximate surface area is 185 Å². The number of fused-ring (bicyclic) bond motifs is 1. The summed E-state index contributed by atoms with van der Waals surface area (Å²) in [4.78, 5) is 26.9. The van der Waals surface area contributed by atoms with E-state index in [1.165, 1.54) is 11.8 Å². The molecule has 0 aliphatic carbocycles. The summed E-state index contributed by atoms with van der Waals surface area (Å²) >= 11 is 1.40. The molecule has 10 heteroatoms. The number of amides is 1. The van der Waals surface area contributed by atoms with E-state index in [1.807, 2.05) is 6.92 Å². The molecular weight excluding hydrogens is 418 g/mol. The molecule has 0 spiro atoms. The van der Waals surface area contributed by atoms with Crippen LogP contribution < -0.4 is 15.0 Å². The van der Waals surface area contributed by atoms with Crippen LogP contribution in [0.25, 0.3) is 0 Å². The Kier molecular flexibility index (Phi) is 6.47. The van der Waals surface area contributed by atoms with Crippen LogP contribution in [-0.2, 0) is 16.1 Å². The number of hydrogen-bond acceptors (Lipinski definition) is 8. The smallest absolute Gasteiger partial charge is 0.262 e. The minimum Gasteiger partial charge on any atom is -0.482 e. The number of nitrogens with one attached hydrogen (secondary N) is 1. The van der Waals surface area contributed by atoms with E-state index in [-0.39, 0.29) is 23.5 Å². The van der Waals surface area contributed by atoms with Gasteiger partial charge in [-0.1, -0.05) is 25.6 Å². The van der Waals surface area contributed by atoms with Crippen LogP contribution in [0.2, 0.25) is 0 Å².